The Morgan fingerprint density at radius 2 is 2.08 bits per heavy atom. The van der Waals surface area contributed by atoms with Crippen LogP contribution in [0.4, 0.5) is 0 Å². The fourth-order valence-corrected chi connectivity index (χ4v) is 2.70. The van der Waals surface area contributed by atoms with E-state index >= 15 is 0 Å². The van der Waals surface area contributed by atoms with Crippen LogP contribution in [0.15, 0.2) is 59.4 Å². The van der Waals surface area contributed by atoms with Crippen LogP contribution in [0.3, 0.4) is 0 Å². The highest BCUT2D eigenvalue weighted by Crippen LogP contribution is 2.21. The topological polar surface area (TPSA) is 73.4 Å². The predicted molar refractivity (Wildman–Crippen MR) is 107 cm³/mol. The van der Waals surface area contributed by atoms with Crippen molar-refractivity contribution in [3.8, 4) is 5.75 Å². The minimum absolute atomic E-state index is 0.242. The number of halogens is 1. The fourth-order valence-electron chi connectivity index (χ4n) is 2.54. The number of allylic oxidation sites excluding steroid dienone is 1. The van der Waals surface area contributed by atoms with Crippen LogP contribution in [0.1, 0.15) is 11.1 Å². The summed E-state index contributed by atoms with van der Waals surface area (Å²) in [5.74, 6) is 0.769. The van der Waals surface area contributed by atoms with Gasteiger partial charge >= 0.3 is 0 Å². The summed E-state index contributed by atoms with van der Waals surface area (Å²) in [5.41, 5.74) is 11.0. The van der Waals surface area contributed by atoms with Gasteiger partial charge in [-0.05, 0) is 42.8 Å². The summed E-state index contributed by atoms with van der Waals surface area (Å²) in [7, 11) is 1.69. The number of benzene rings is 1. The molecule has 5 nitrogen and oxygen atoms in total. The van der Waals surface area contributed by atoms with Crippen molar-refractivity contribution in [1.29, 1.82) is 0 Å². The van der Waals surface area contributed by atoms with Gasteiger partial charge in [0.25, 0.3) is 0 Å². The number of aromatic nitrogens is 2. The van der Waals surface area contributed by atoms with Crippen LogP contribution in [0, 0.1) is 6.92 Å². The van der Waals surface area contributed by atoms with E-state index in [2.05, 4.69) is 15.0 Å². The molecule has 0 amide bonds. The van der Waals surface area contributed by atoms with E-state index in [1.807, 2.05) is 43.3 Å². The van der Waals surface area contributed by atoms with E-state index in [1.165, 1.54) is 0 Å². The third-order valence-electron chi connectivity index (χ3n) is 3.80. The van der Waals surface area contributed by atoms with Crippen LogP contribution in [-0.2, 0) is 0 Å². The maximum Gasteiger partial charge on any atom is 0.129 e. The Morgan fingerprint density at radius 3 is 2.85 bits per heavy atom. The second-order valence-corrected chi connectivity index (χ2v) is 6.21. The highest BCUT2D eigenvalue weighted by atomic mass is 35.5. The van der Waals surface area contributed by atoms with Gasteiger partial charge in [-0.15, -0.1) is 0 Å². The third kappa shape index (κ3) is 4.18. The van der Waals surface area contributed by atoms with E-state index < -0.39 is 0 Å². The number of nitrogens with two attached hydrogens (primary N) is 1. The molecule has 0 saturated carbocycles. The van der Waals surface area contributed by atoms with E-state index in [4.69, 9.17) is 22.1 Å². The van der Waals surface area contributed by atoms with Gasteiger partial charge in [0.15, 0.2) is 0 Å². The van der Waals surface area contributed by atoms with E-state index in [0.29, 0.717) is 16.4 Å². The van der Waals surface area contributed by atoms with Gasteiger partial charge in [0.1, 0.15) is 17.5 Å². The Bertz CT molecular complexity index is 998. The highest BCUT2D eigenvalue weighted by molar-refractivity contribution is 6.29. The van der Waals surface area contributed by atoms with E-state index in [0.717, 1.165) is 28.0 Å². The molecular formula is C20H19ClN4O. The molecule has 0 fully saturated rings. The molecule has 26 heavy (non-hydrogen) atoms. The normalized spacial score (nSPS) is 12.4. The molecule has 0 saturated heterocycles. The lowest BCUT2D eigenvalue weighted by Crippen LogP contribution is -2.13. The Morgan fingerprint density at radius 1 is 1.23 bits per heavy atom. The lowest BCUT2D eigenvalue weighted by Gasteiger charge is -2.11. The molecule has 2 aromatic heterocycles. The number of fused-ring (bicyclic) bond motifs is 1. The average molecular weight is 367 g/mol. The predicted octanol–water partition coefficient (Wildman–Crippen LogP) is 4.04. The van der Waals surface area contributed by atoms with Crippen molar-refractivity contribution < 1.29 is 4.74 Å². The van der Waals surface area contributed by atoms with Crippen molar-refractivity contribution in [2.75, 3.05) is 13.7 Å². The molecule has 3 rings (SSSR count). The quantitative estimate of drug-likeness (QED) is 0.546. The van der Waals surface area contributed by atoms with Crippen molar-refractivity contribution >= 4 is 34.4 Å². The zero-order valence-corrected chi connectivity index (χ0v) is 15.4. The maximum absolute atomic E-state index is 6.29. The lowest BCUT2D eigenvalue weighted by molar-refractivity contribution is 0.351. The van der Waals surface area contributed by atoms with E-state index in [9.17, 15) is 0 Å². The van der Waals surface area contributed by atoms with Gasteiger partial charge in [0.05, 0.1) is 16.7 Å². The summed E-state index contributed by atoms with van der Waals surface area (Å²) < 4.78 is 5.80. The molecule has 0 aliphatic rings. The highest BCUT2D eigenvalue weighted by Gasteiger charge is 2.09. The molecule has 0 unspecified atom stereocenters. The second-order valence-electron chi connectivity index (χ2n) is 5.83. The number of nitrogens with zero attached hydrogens (tertiary/aromatic N) is 3. The zero-order chi connectivity index (χ0) is 18.5. The summed E-state index contributed by atoms with van der Waals surface area (Å²) in [6, 6.07) is 13.3. The zero-order valence-electron chi connectivity index (χ0n) is 14.6. The molecule has 2 N–H and O–H groups in total. The first-order valence-electron chi connectivity index (χ1n) is 8.10. The van der Waals surface area contributed by atoms with Gasteiger partial charge in [-0.25, -0.2) is 4.98 Å². The monoisotopic (exact) mass is 366 g/mol. The lowest BCUT2D eigenvalue weighted by atomic mass is 10.1. The SMILES string of the molecule is CN=CC(=C(N)COc1cccc(C)c1)c1cnc2ccc(Cl)nc2c1. The number of ether oxygens (including phenoxy) is 1. The summed E-state index contributed by atoms with van der Waals surface area (Å²) in [5, 5.41) is 0.418. The molecule has 6 heteroatoms. The molecule has 0 bridgehead atoms. The van der Waals surface area contributed by atoms with Gasteiger partial charge in [-0.2, -0.15) is 0 Å². The average Bonchev–Trinajstić information content (AvgIpc) is 2.63. The Balaban J connectivity index is 1.93. The molecule has 0 spiro atoms. The number of aliphatic imine (C=N–C) groups is 1. The summed E-state index contributed by atoms with van der Waals surface area (Å²) in [6.07, 6.45) is 3.44. The maximum atomic E-state index is 6.29. The van der Waals surface area contributed by atoms with E-state index in [1.54, 1.807) is 25.5 Å². The fraction of sp³-hybridized carbons (Fsp3) is 0.150. The van der Waals surface area contributed by atoms with Crippen LogP contribution in [-0.4, -0.2) is 29.8 Å². The largest absolute Gasteiger partial charge is 0.487 e. The van der Waals surface area contributed by atoms with Crippen molar-refractivity contribution in [3.63, 3.8) is 0 Å². The molecular weight excluding hydrogens is 348 g/mol. The molecule has 1 aromatic carbocycles. The Labute approximate surface area is 157 Å². The van der Waals surface area contributed by atoms with Crippen LogP contribution >= 0.6 is 11.6 Å². The molecule has 3 aromatic rings. The first-order valence-corrected chi connectivity index (χ1v) is 8.47. The van der Waals surface area contributed by atoms with Crippen LogP contribution in [0.5, 0.6) is 5.75 Å². The van der Waals surface area contributed by atoms with Gasteiger partial charge < -0.3 is 10.5 Å². The molecule has 2 heterocycles. The van der Waals surface area contributed by atoms with Crippen LogP contribution in [0.2, 0.25) is 5.15 Å². The third-order valence-corrected chi connectivity index (χ3v) is 4.01. The van der Waals surface area contributed by atoms with Crippen molar-refractivity contribution in [1.82, 2.24) is 9.97 Å². The summed E-state index contributed by atoms with van der Waals surface area (Å²) in [6.45, 7) is 2.26. The Hall–Kier alpha value is -2.92. The first-order chi connectivity index (χ1) is 12.6. The molecule has 0 aliphatic heterocycles. The molecule has 0 atom stereocenters. The molecule has 132 valence electrons. The van der Waals surface area contributed by atoms with Crippen LogP contribution < -0.4 is 10.5 Å². The number of rotatable bonds is 5. The van der Waals surface area contributed by atoms with Crippen LogP contribution in [0.25, 0.3) is 16.6 Å². The van der Waals surface area contributed by atoms with Crippen molar-refractivity contribution in [2.24, 2.45) is 10.7 Å². The summed E-state index contributed by atoms with van der Waals surface area (Å²) >= 11 is 5.98. The second kappa shape index (κ2) is 7.97. The first kappa shape index (κ1) is 17.9. The summed E-state index contributed by atoms with van der Waals surface area (Å²) in [4.78, 5) is 12.8. The van der Waals surface area contributed by atoms with Gasteiger partial charge in [-0.1, -0.05) is 23.7 Å². The van der Waals surface area contributed by atoms with E-state index in [-0.39, 0.29) is 6.61 Å². The molecule has 0 aliphatic carbocycles. The number of hydrogen-bond donors (Lipinski definition) is 1. The molecule has 0 radical (unpaired) electrons. The number of hydrogen-bond acceptors (Lipinski definition) is 5. The smallest absolute Gasteiger partial charge is 0.129 e. The van der Waals surface area contributed by atoms with Crippen molar-refractivity contribution in [3.05, 3.63) is 70.6 Å². The Kier molecular flexibility index (Phi) is 5.49. The van der Waals surface area contributed by atoms with Gasteiger partial charge in [0.2, 0.25) is 0 Å². The minimum Gasteiger partial charge on any atom is -0.487 e. The van der Waals surface area contributed by atoms with Crippen molar-refractivity contribution in [2.45, 2.75) is 6.92 Å². The van der Waals surface area contributed by atoms with Gasteiger partial charge in [-0.3, -0.25) is 9.98 Å². The van der Waals surface area contributed by atoms with Gasteiger partial charge in [0, 0.05) is 30.6 Å². The standard InChI is InChI=1S/C20H19ClN4O/c1-13-4-3-5-15(8-13)26-12-17(22)16(11-23-2)14-9-19-18(24-10-14)6-7-20(21)25-19/h3-11H,12,22H2,1-2H3. The number of aryl methyl sites for hydroxylation is 1. The minimum atomic E-state index is 0.242. The number of pyridine rings is 2.